The van der Waals surface area contributed by atoms with Crippen molar-refractivity contribution in [1.29, 1.82) is 0 Å². The number of Topliss-reactive ketones (excluding diaryl/α,β-unsaturated/α-hetero) is 1. The van der Waals surface area contributed by atoms with Gasteiger partial charge in [-0.3, -0.25) is 14.6 Å². The number of carbonyl (C=O) groups excluding carboxylic acids is 2. The molecule has 0 spiro atoms. The van der Waals surface area contributed by atoms with E-state index in [0.29, 0.717) is 35.3 Å². The molecule has 0 atom stereocenters. The summed E-state index contributed by atoms with van der Waals surface area (Å²) >= 11 is 0. The molecule has 1 saturated carbocycles. The van der Waals surface area contributed by atoms with Crippen molar-refractivity contribution in [2.24, 2.45) is 5.41 Å². The largest absolute Gasteiger partial charge is 0.418 e. The Labute approximate surface area is 193 Å². The van der Waals surface area contributed by atoms with Crippen LogP contribution in [-0.2, 0) is 17.5 Å². The Morgan fingerprint density at radius 1 is 1.06 bits per heavy atom. The molecule has 0 saturated heterocycles. The summed E-state index contributed by atoms with van der Waals surface area (Å²) in [6.45, 7) is 1.74. The van der Waals surface area contributed by atoms with Crippen molar-refractivity contribution in [3.8, 4) is 0 Å². The number of anilines is 2. The summed E-state index contributed by atoms with van der Waals surface area (Å²) in [4.78, 5) is 29.4. The average Bonchev–Trinajstić information content (AvgIpc) is 3.60. The van der Waals surface area contributed by atoms with Gasteiger partial charge < -0.3 is 10.6 Å². The number of nitrogens with one attached hydrogen (secondary N) is 2. The monoisotopic (exact) mass is 469 g/mol. The van der Waals surface area contributed by atoms with Crippen LogP contribution in [0.5, 0.6) is 0 Å². The fourth-order valence-corrected chi connectivity index (χ4v) is 3.62. The summed E-state index contributed by atoms with van der Waals surface area (Å²) in [6.07, 6.45) is 1.08. The zero-order chi connectivity index (χ0) is 24.3. The number of amides is 1. The zero-order valence-electron chi connectivity index (χ0n) is 18.3. The van der Waals surface area contributed by atoms with Crippen LogP contribution in [0.2, 0.25) is 0 Å². The molecule has 176 valence electrons. The van der Waals surface area contributed by atoms with E-state index in [1.54, 1.807) is 31.2 Å². The quantitative estimate of drug-likeness (QED) is 0.468. The van der Waals surface area contributed by atoms with Crippen LogP contribution in [0.1, 0.15) is 46.4 Å². The summed E-state index contributed by atoms with van der Waals surface area (Å²) in [6, 6.07) is 8.85. The molecule has 2 heterocycles. The van der Waals surface area contributed by atoms with Crippen LogP contribution in [0.3, 0.4) is 0 Å². The molecule has 7 nitrogen and oxygen atoms in total. The van der Waals surface area contributed by atoms with Gasteiger partial charge >= 0.3 is 6.18 Å². The normalized spacial score (nSPS) is 14.4. The zero-order valence-corrected chi connectivity index (χ0v) is 18.3. The molecule has 2 N–H and O–H groups in total. The summed E-state index contributed by atoms with van der Waals surface area (Å²) in [5.41, 5.74) is 0.317. The molecule has 1 amide bonds. The van der Waals surface area contributed by atoms with E-state index in [9.17, 15) is 22.8 Å². The number of ketones is 1. The van der Waals surface area contributed by atoms with Gasteiger partial charge in [-0.1, -0.05) is 11.6 Å². The van der Waals surface area contributed by atoms with Crippen LogP contribution in [0, 0.1) is 12.3 Å². The van der Waals surface area contributed by atoms with E-state index in [-0.39, 0.29) is 30.3 Å². The standard InChI is InChI=1S/C24H22F3N5O2/c1-15-2-5-20(19(10-15)24(25,26)27)32-18-4-3-17(28-14-18)13-29-22(34)23(7-8-23)11-21(33)16-6-9-30-31-12-16/h2-6,9-10,12,14,32H,7-8,11,13H2,1H3,(H,29,34). The fourth-order valence-electron chi connectivity index (χ4n) is 3.62. The van der Waals surface area contributed by atoms with Gasteiger partial charge in [0.25, 0.3) is 0 Å². The van der Waals surface area contributed by atoms with Gasteiger partial charge in [-0.2, -0.15) is 23.4 Å². The number of alkyl halides is 3. The molecule has 1 fully saturated rings. The molecule has 3 aromatic rings. The number of halogens is 3. The molecular weight excluding hydrogens is 447 g/mol. The number of hydrogen-bond donors (Lipinski definition) is 2. The Bertz CT molecular complexity index is 1190. The number of aryl methyl sites for hydroxylation is 1. The van der Waals surface area contributed by atoms with Crippen molar-refractivity contribution in [1.82, 2.24) is 20.5 Å². The lowest BCUT2D eigenvalue weighted by Crippen LogP contribution is -2.33. The lowest BCUT2D eigenvalue weighted by molar-refractivity contribution is -0.137. The van der Waals surface area contributed by atoms with Gasteiger partial charge in [0.15, 0.2) is 5.78 Å². The van der Waals surface area contributed by atoms with Gasteiger partial charge in [0.1, 0.15) is 0 Å². The van der Waals surface area contributed by atoms with Crippen molar-refractivity contribution >= 4 is 23.1 Å². The highest BCUT2D eigenvalue weighted by molar-refractivity contribution is 6.00. The molecule has 4 rings (SSSR count). The first-order chi connectivity index (χ1) is 16.2. The van der Waals surface area contributed by atoms with Crippen LogP contribution in [0.25, 0.3) is 0 Å². The third kappa shape index (κ3) is 5.38. The first-order valence-corrected chi connectivity index (χ1v) is 10.6. The number of rotatable bonds is 8. The Balaban J connectivity index is 1.35. The van der Waals surface area contributed by atoms with Gasteiger partial charge in [-0.25, -0.2) is 0 Å². The Morgan fingerprint density at radius 2 is 1.85 bits per heavy atom. The van der Waals surface area contributed by atoms with Gasteiger partial charge in [-0.15, -0.1) is 0 Å². The number of nitrogens with zero attached hydrogens (tertiary/aromatic N) is 3. The van der Waals surface area contributed by atoms with E-state index in [1.165, 1.54) is 24.7 Å². The molecule has 10 heteroatoms. The van der Waals surface area contributed by atoms with Crippen molar-refractivity contribution in [2.75, 3.05) is 5.32 Å². The minimum Gasteiger partial charge on any atom is -0.354 e. The second kappa shape index (κ2) is 9.20. The first-order valence-electron chi connectivity index (χ1n) is 10.6. The van der Waals surface area contributed by atoms with E-state index in [1.807, 2.05) is 0 Å². The van der Waals surface area contributed by atoms with E-state index in [4.69, 9.17) is 0 Å². The maximum Gasteiger partial charge on any atom is 0.418 e. The predicted molar refractivity (Wildman–Crippen MR) is 118 cm³/mol. The third-order valence-corrected chi connectivity index (χ3v) is 5.75. The topological polar surface area (TPSA) is 96.9 Å². The van der Waals surface area contributed by atoms with Crippen LogP contribution in [0.15, 0.2) is 55.0 Å². The molecular formula is C24H22F3N5O2. The third-order valence-electron chi connectivity index (χ3n) is 5.75. The van der Waals surface area contributed by atoms with Crippen LogP contribution in [-0.4, -0.2) is 26.9 Å². The summed E-state index contributed by atoms with van der Waals surface area (Å²) < 4.78 is 40.0. The molecule has 1 aromatic carbocycles. The van der Waals surface area contributed by atoms with Gasteiger partial charge in [-0.05, 0) is 50.1 Å². The summed E-state index contributed by atoms with van der Waals surface area (Å²) in [7, 11) is 0. The molecule has 2 aromatic heterocycles. The van der Waals surface area contributed by atoms with Gasteiger partial charge in [0.2, 0.25) is 5.91 Å². The van der Waals surface area contributed by atoms with Gasteiger partial charge in [0, 0.05) is 12.0 Å². The van der Waals surface area contributed by atoms with Crippen molar-refractivity contribution in [3.05, 3.63) is 77.4 Å². The number of pyridine rings is 1. The number of hydrogen-bond acceptors (Lipinski definition) is 6. The molecule has 0 bridgehead atoms. The Morgan fingerprint density at radius 3 is 2.47 bits per heavy atom. The van der Waals surface area contributed by atoms with E-state index in [0.717, 1.165) is 6.07 Å². The number of aromatic nitrogens is 3. The number of carbonyl (C=O) groups is 2. The maximum atomic E-state index is 13.3. The van der Waals surface area contributed by atoms with Crippen molar-refractivity contribution < 1.29 is 22.8 Å². The van der Waals surface area contributed by atoms with Crippen LogP contribution >= 0.6 is 0 Å². The van der Waals surface area contributed by atoms with E-state index in [2.05, 4.69) is 25.8 Å². The van der Waals surface area contributed by atoms with Crippen molar-refractivity contribution in [2.45, 2.75) is 38.9 Å². The summed E-state index contributed by atoms with van der Waals surface area (Å²) in [5, 5.41) is 12.9. The maximum absolute atomic E-state index is 13.3. The molecule has 0 radical (unpaired) electrons. The highest BCUT2D eigenvalue weighted by Crippen LogP contribution is 2.49. The van der Waals surface area contributed by atoms with Crippen molar-refractivity contribution in [3.63, 3.8) is 0 Å². The number of benzene rings is 1. The lowest BCUT2D eigenvalue weighted by atomic mass is 9.95. The fraction of sp³-hybridized carbons (Fsp3) is 0.292. The molecule has 0 unspecified atom stereocenters. The minimum atomic E-state index is -4.49. The smallest absolute Gasteiger partial charge is 0.354 e. The minimum absolute atomic E-state index is 0.0642. The Kier molecular flexibility index (Phi) is 6.32. The second-order valence-corrected chi connectivity index (χ2v) is 8.40. The lowest BCUT2D eigenvalue weighted by Gasteiger charge is -2.16. The summed E-state index contributed by atoms with van der Waals surface area (Å²) in [5.74, 6) is -0.383. The highest BCUT2D eigenvalue weighted by Gasteiger charge is 2.51. The second-order valence-electron chi connectivity index (χ2n) is 8.40. The molecule has 0 aliphatic heterocycles. The Hall–Kier alpha value is -3.82. The van der Waals surface area contributed by atoms with E-state index >= 15 is 0 Å². The molecule has 1 aliphatic carbocycles. The SMILES string of the molecule is Cc1ccc(Nc2ccc(CNC(=O)C3(CC(=O)c4ccnnc4)CC3)nc2)c(C(F)(F)F)c1. The van der Waals surface area contributed by atoms with Crippen LogP contribution in [0.4, 0.5) is 24.5 Å². The molecule has 1 aliphatic rings. The van der Waals surface area contributed by atoms with E-state index < -0.39 is 17.2 Å². The highest BCUT2D eigenvalue weighted by atomic mass is 19.4. The molecule has 34 heavy (non-hydrogen) atoms. The van der Waals surface area contributed by atoms with Gasteiger partial charge in [0.05, 0.1) is 53.2 Å². The first kappa shape index (κ1) is 23.3. The average molecular weight is 469 g/mol. The predicted octanol–water partition coefficient (Wildman–Crippen LogP) is 4.61. The van der Waals surface area contributed by atoms with Crippen LogP contribution < -0.4 is 10.6 Å².